The normalized spacial score (nSPS) is 10.7. The molecule has 2 amide bonds. The van der Waals surface area contributed by atoms with Gasteiger partial charge in [0.15, 0.2) is 0 Å². The maximum Gasteiger partial charge on any atom is 0.323 e. The number of para-hydroxylation sites is 1. The van der Waals surface area contributed by atoms with E-state index in [2.05, 4.69) is 15.6 Å². The summed E-state index contributed by atoms with van der Waals surface area (Å²) < 4.78 is 6.50. The van der Waals surface area contributed by atoms with Gasteiger partial charge in [-0.2, -0.15) is 0 Å². The zero-order valence-electron chi connectivity index (χ0n) is 15.6. The molecule has 0 aliphatic rings. The zero-order valence-corrected chi connectivity index (χ0v) is 17.2. The summed E-state index contributed by atoms with van der Waals surface area (Å²) in [6.45, 7) is 2.52. The van der Waals surface area contributed by atoms with Gasteiger partial charge in [-0.1, -0.05) is 23.7 Å². The van der Waals surface area contributed by atoms with E-state index in [1.54, 1.807) is 29.5 Å². The van der Waals surface area contributed by atoms with Crippen LogP contribution in [0.5, 0.6) is 5.75 Å². The van der Waals surface area contributed by atoms with Crippen molar-refractivity contribution in [2.24, 2.45) is 0 Å². The summed E-state index contributed by atoms with van der Waals surface area (Å²) in [6.07, 6.45) is 0. The van der Waals surface area contributed by atoms with Crippen molar-refractivity contribution in [1.82, 2.24) is 4.98 Å². The molecule has 0 bridgehead atoms. The first-order valence-electron chi connectivity index (χ1n) is 9.09. The molecule has 146 valence electrons. The number of amides is 2. The molecule has 0 fully saturated rings. The van der Waals surface area contributed by atoms with E-state index in [1.165, 1.54) is 0 Å². The Kier molecular flexibility index (Phi) is 5.64. The van der Waals surface area contributed by atoms with E-state index in [-0.39, 0.29) is 6.03 Å². The summed E-state index contributed by atoms with van der Waals surface area (Å²) in [4.78, 5) is 16.9. The third kappa shape index (κ3) is 4.50. The van der Waals surface area contributed by atoms with Crippen LogP contribution < -0.4 is 15.4 Å². The summed E-state index contributed by atoms with van der Waals surface area (Å²) in [5.74, 6) is 0.760. The maximum atomic E-state index is 12.3. The van der Waals surface area contributed by atoms with Gasteiger partial charge in [0, 0.05) is 16.9 Å². The van der Waals surface area contributed by atoms with Gasteiger partial charge in [0.05, 0.1) is 21.8 Å². The number of hydrogen-bond donors (Lipinski definition) is 2. The molecule has 0 spiro atoms. The molecule has 0 radical (unpaired) electrons. The second-order valence-electron chi connectivity index (χ2n) is 6.22. The lowest BCUT2D eigenvalue weighted by Gasteiger charge is -2.10. The topological polar surface area (TPSA) is 63.2 Å². The van der Waals surface area contributed by atoms with Crippen LogP contribution in [0.4, 0.5) is 16.2 Å². The number of nitrogens with zero attached hydrogens (tertiary/aromatic N) is 1. The second kappa shape index (κ2) is 8.51. The van der Waals surface area contributed by atoms with Crippen LogP contribution in [-0.4, -0.2) is 17.6 Å². The Balaban J connectivity index is 1.45. The Hall–Kier alpha value is -3.09. The number of rotatable bonds is 5. The highest BCUT2D eigenvalue weighted by molar-refractivity contribution is 7.21. The number of fused-ring (bicyclic) bond motifs is 1. The third-order valence-corrected chi connectivity index (χ3v) is 5.56. The van der Waals surface area contributed by atoms with Crippen LogP contribution >= 0.6 is 22.9 Å². The molecule has 0 atom stereocenters. The van der Waals surface area contributed by atoms with Gasteiger partial charge >= 0.3 is 6.03 Å². The molecule has 29 heavy (non-hydrogen) atoms. The van der Waals surface area contributed by atoms with Crippen LogP contribution in [0.15, 0.2) is 66.7 Å². The van der Waals surface area contributed by atoms with Crippen LogP contribution in [0.25, 0.3) is 20.8 Å². The van der Waals surface area contributed by atoms with Gasteiger partial charge < -0.3 is 15.4 Å². The van der Waals surface area contributed by atoms with E-state index in [1.807, 2.05) is 55.5 Å². The number of hydrogen-bond acceptors (Lipinski definition) is 4. The minimum Gasteiger partial charge on any atom is -0.494 e. The molecule has 4 aromatic rings. The fourth-order valence-electron chi connectivity index (χ4n) is 2.85. The molecule has 0 unspecified atom stereocenters. The third-order valence-electron chi connectivity index (χ3n) is 4.17. The molecular formula is C22H18ClN3O2S. The second-order valence-corrected chi connectivity index (χ2v) is 7.66. The summed E-state index contributed by atoms with van der Waals surface area (Å²) in [7, 11) is 0. The number of carbonyl (C=O) groups is 1. The Bertz CT molecular complexity index is 1130. The Morgan fingerprint density at radius 2 is 1.76 bits per heavy atom. The van der Waals surface area contributed by atoms with Crippen molar-refractivity contribution in [2.45, 2.75) is 6.92 Å². The highest BCUT2D eigenvalue weighted by atomic mass is 35.5. The predicted molar refractivity (Wildman–Crippen MR) is 120 cm³/mol. The van der Waals surface area contributed by atoms with Crippen LogP contribution in [0.1, 0.15) is 6.92 Å². The van der Waals surface area contributed by atoms with Crippen LogP contribution in [0, 0.1) is 0 Å². The molecule has 4 rings (SSSR count). The molecule has 1 heterocycles. The first-order valence-corrected chi connectivity index (χ1v) is 10.3. The number of aromatic nitrogens is 1. The molecular weight excluding hydrogens is 406 g/mol. The van der Waals surface area contributed by atoms with Crippen molar-refractivity contribution in [1.29, 1.82) is 0 Å². The number of anilines is 2. The van der Waals surface area contributed by atoms with E-state index in [0.717, 1.165) is 26.5 Å². The minimum atomic E-state index is -0.349. The number of nitrogens with one attached hydrogen (secondary N) is 2. The molecule has 0 aliphatic carbocycles. The van der Waals surface area contributed by atoms with Gasteiger partial charge in [0.25, 0.3) is 0 Å². The lowest BCUT2D eigenvalue weighted by molar-refractivity contribution is 0.262. The number of urea groups is 1. The Morgan fingerprint density at radius 3 is 2.48 bits per heavy atom. The predicted octanol–water partition coefficient (Wildman–Crippen LogP) is 6.66. The number of carbonyl (C=O) groups excluding carboxylic acids is 1. The average molecular weight is 424 g/mol. The van der Waals surface area contributed by atoms with Gasteiger partial charge in [-0.25, -0.2) is 9.78 Å². The van der Waals surface area contributed by atoms with Crippen molar-refractivity contribution in [3.05, 3.63) is 71.8 Å². The molecule has 0 saturated heterocycles. The fraction of sp³-hybridized carbons (Fsp3) is 0.0909. The van der Waals surface area contributed by atoms with E-state index < -0.39 is 0 Å². The molecule has 3 aromatic carbocycles. The average Bonchev–Trinajstić information content (AvgIpc) is 3.13. The van der Waals surface area contributed by atoms with Gasteiger partial charge in [-0.15, -0.1) is 11.3 Å². The van der Waals surface area contributed by atoms with Crippen molar-refractivity contribution in [3.8, 4) is 16.3 Å². The fourth-order valence-corrected chi connectivity index (χ4v) is 4.18. The van der Waals surface area contributed by atoms with Crippen LogP contribution in [-0.2, 0) is 0 Å². The van der Waals surface area contributed by atoms with Gasteiger partial charge in [0.1, 0.15) is 10.8 Å². The lowest BCUT2D eigenvalue weighted by atomic mass is 10.2. The monoisotopic (exact) mass is 423 g/mol. The molecule has 0 saturated carbocycles. The first kappa shape index (κ1) is 19.2. The summed E-state index contributed by atoms with van der Waals surface area (Å²) in [5, 5.41) is 6.96. The van der Waals surface area contributed by atoms with E-state index in [0.29, 0.717) is 23.0 Å². The highest BCUT2D eigenvalue weighted by Crippen LogP contribution is 2.35. The zero-order chi connectivity index (χ0) is 20.2. The molecule has 1 aromatic heterocycles. The van der Waals surface area contributed by atoms with Crippen molar-refractivity contribution < 1.29 is 9.53 Å². The SMILES string of the molecule is CCOc1ccc(NC(=O)Nc2ccc(-c3nc4ccccc4s3)c(Cl)c2)cc1. The standard InChI is InChI=1S/C22H18ClN3O2S/c1-2-28-16-10-7-14(8-11-16)24-22(27)25-15-9-12-17(18(23)13-15)21-26-19-5-3-4-6-20(19)29-21/h3-13H,2H2,1H3,(H2,24,25,27). The molecule has 7 heteroatoms. The number of halogens is 1. The molecule has 0 aliphatic heterocycles. The van der Waals surface area contributed by atoms with E-state index in [4.69, 9.17) is 16.3 Å². The van der Waals surface area contributed by atoms with Crippen LogP contribution in [0.2, 0.25) is 5.02 Å². The van der Waals surface area contributed by atoms with Gasteiger partial charge in [-0.05, 0) is 61.5 Å². The van der Waals surface area contributed by atoms with E-state index in [9.17, 15) is 4.79 Å². The van der Waals surface area contributed by atoms with Crippen molar-refractivity contribution >= 4 is 50.6 Å². The summed E-state index contributed by atoms with van der Waals surface area (Å²) in [5.41, 5.74) is 3.05. The lowest BCUT2D eigenvalue weighted by Crippen LogP contribution is -2.19. The van der Waals surface area contributed by atoms with Crippen LogP contribution in [0.3, 0.4) is 0 Å². The minimum absolute atomic E-state index is 0.349. The number of ether oxygens (including phenoxy) is 1. The highest BCUT2D eigenvalue weighted by Gasteiger charge is 2.11. The largest absolute Gasteiger partial charge is 0.494 e. The number of thiazole rings is 1. The molecule has 2 N–H and O–H groups in total. The van der Waals surface area contributed by atoms with Gasteiger partial charge in [0.2, 0.25) is 0 Å². The van der Waals surface area contributed by atoms with Crippen molar-refractivity contribution in [3.63, 3.8) is 0 Å². The first-order chi connectivity index (χ1) is 14.1. The quantitative estimate of drug-likeness (QED) is 0.377. The number of benzene rings is 3. The van der Waals surface area contributed by atoms with Gasteiger partial charge in [-0.3, -0.25) is 0 Å². The Morgan fingerprint density at radius 1 is 1.03 bits per heavy atom. The smallest absolute Gasteiger partial charge is 0.323 e. The summed E-state index contributed by atoms with van der Waals surface area (Å²) >= 11 is 8.05. The maximum absolute atomic E-state index is 12.3. The summed E-state index contributed by atoms with van der Waals surface area (Å²) in [6, 6.07) is 20.2. The molecule has 5 nitrogen and oxygen atoms in total. The van der Waals surface area contributed by atoms with Crippen molar-refractivity contribution in [2.75, 3.05) is 17.2 Å². The van der Waals surface area contributed by atoms with E-state index >= 15 is 0 Å². The Labute approximate surface area is 177 Å².